The van der Waals surface area contributed by atoms with E-state index in [1.54, 1.807) is 4.90 Å². The van der Waals surface area contributed by atoms with Crippen LogP contribution in [0.4, 0.5) is 11.4 Å². The largest absolute Gasteiger partial charge is 0.494 e. The van der Waals surface area contributed by atoms with Crippen molar-refractivity contribution in [2.24, 2.45) is 5.92 Å². The summed E-state index contributed by atoms with van der Waals surface area (Å²) in [6.07, 6.45) is 2.34. The molecule has 3 rings (SSSR count). The highest BCUT2D eigenvalue weighted by molar-refractivity contribution is 6.03. The van der Waals surface area contributed by atoms with Crippen LogP contribution in [0.15, 0.2) is 48.5 Å². The number of amides is 2. The van der Waals surface area contributed by atoms with Crippen molar-refractivity contribution in [1.82, 2.24) is 0 Å². The van der Waals surface area contributed by atoms with Crippen LogP contribution in [0.1, 0.15) is 31.7 Å². The Kier molecular flexibility index (Phi) is 6.12. The molecule has 2 amide bonds. The number of unbranched alkanes of at least 4 members (excludes halogenated alkanes) is 1. The molecule has 1 heterocycles. The van der Waals surface area contributed by atoms with E-state index in [1.165, 1.54) is 0 Å². The number of anilines is 2. The highest BCUT2D eigenvalue weighted by atomic mass is 16.5. The lowest BCUT2D eigenvalue weighted by molar-refractivity contribution is -0.122. The van der Waals surface area contributed by atoms with Gasteiger partial charge in [-0.3, -0.25) is 9.59 Å². The van der Waals surface area contributed by atoms with Crippen LogP contribution < -0.4 is 15.0 Å². The van der Waals surface area contributed by atoms with Gasteiger partial charge in [0, 0.05) is 24.3 Å². The fraction of sp³-hybridized carbons (Fsp3) is 0.364. The first kappa shape index (κ1) is 19.0. The van der Waals surface area contributed by atoms with Crippen molar-refractivity contribution in [1.29, 1.82) is 0 Å². The summed E-state index contributed by atoms with van der Waals surface area (Å²) in [4.78, 5) is 26.7. The molecule has 0 spiro atoms. The van der Waals surface area contributed by atoms with E-state index >= 15 is 0 Å². The van der Waals surface area contributed by atoms with Gasteiger partial charge in [0.15, 0.2) is 0 Å². The Hall–Kier alpha value is -2.82. The Morgan fingerprint density at radius 2 is 2.00 bits per heavy atom. The minimum Gasteiger partial charge on any atom is -0.494 e. The minimum absolute atomic E-state index is 0.0160. The molecule has 1 unspecified atom stereocenters. The first-order valence-electron chi connectivity index (χ1n) is 9.48. The first-order valence-corrected chi connectivity index (χ1v) is 9.48. The zero-order chi connectivity index (χ0) is 19.2. The molecular weight excluding hydrogens is 340 g/mol. The van der Waals surface area contributed by atoms with Gasteiger partial charge >= 0.3 is 0 Å². The normalized spacial score (nSPS) is 16.4. The van der Waals surface area contributed by atoms with E-state index in [9.17, 15) is 9.59 Å². The van der Waals surface area contributed by atoms with Crippen molar-refractivity contribution >= 4 is 23.2 Å². The summed E-state index contributed by atoms with van der Waals surface area (Å²) in [6, 6.07) is 15.1. The molecule has 1 N–H and O–H groups in total. The number of nitrogens with zero attached hydrogens (tertiary/aromatic N) is 1. The van der Waals surface area contributed by atoms with Gasteiger partial charge in [0.25, 0.3) is 0 Å². The summed E-state index contributed by atoms with van der Waals surface area (Å²) in [7, 11) is 0. The molecule has 27 heavy (non-hydrogen) atoms. The van der Waals surface area contributed by atoms with Gasteiger partial charge in [-0.15, -0.1) is 0 Å². The molecule has 0 aliphatic carbocycles. The molecule has 2 aromatic carbocycles. The summed E-state index contributed by atoms with van der Waals surface area (Å²) in [5.74, 6) is 0.324. The van der Waals surface area contributed by atoms with Crippen LogP contribution in [-0.2, 0) is 9.59 Å². The molecule has 1 aliphatic rings. The maximum atomic E-state index is 12.7. The van der Waals surface area contributed by atoms with Gasteiger partial charge in [0.05, 0.1) is 12.5 Å². The van der Waals surface area contributed by atoms with Gasteiger partial charge in [-0.05, 0) is 49.2 Å². The van der Waals surface area contributed by atoms with Gasteiger partial charge in [0.2, 0.25) is 11.8 Å². The molecule has 5 nitrogen and oxygen atoms in total. The second-order valence-corrected chi connectivity index (χ2v) is 6.91. The topological polar surface area (TPSA) is 58.6 Å². The highest BCUT2D eigenvalue weighted by Gasteiger charge is 2.35. The number of nitrogens with one attached hydrogen (secondary N) is 1. The lowest BCUT2D eigenvalue weighted by atomic mass is 10.1. The lowest BCUT2D eigenvalue weighted by Crippen LogP contribution is -2.28. The van der Waals surface area contributed by atoms with Gasteiger partial charge in [0.1, 0.15) is 5.75 Å². The van der Waals surface area contributed by atoms with Crippen LogP contribution in [0, 0.1) is 12.8 Å². The lowest BCUT2D eigenvalue weighted by Gasteiger charge is -2.17. The van der Waals surface area contributed by atoms with E-state index in [4.69, 9.17) is 4.74 Å². The van der Waals surface area contributed by atoms with Crippen LogP contribution in [0.3, 0.4) is 0 Å². The zero-order valence-corrected chi connectivity index (χ0v) is 15.9. The number of rotatable bonds is 7. The number of carbonyl (C=O) groups is 2. The zero-order valence-electron chi connectivity index (χ0n) is 15.9. The third-order valence-electron chi connectivity index (χ3n) is 4.79. The molecule has 0 bridgehead atoms. The summed E-state index contributed by atoms with van der Waals surface area (Å²) >= 11 is 0. The molecule has 1 atom stereocenters. The smallest absolute Gasteiger partial charge is 0.229 e. The predicted octanol–water partition coefficient (Wildman–Crippen LogP) is 4.17. The summed E-state index contributed by atoms with van der Waals surface area (Å²) in [6.45, 7) is 5.17. The summed E-state index contributed by atoms with van der Waals surface area (Å²) in [5, 5.41) is 2.97. The highest BCUT2D eigenvalue weighted by Crippen LogP contribution is 2.27. The number of hydrogen-bond acceptors (Lipinski definition) is 3. The fourth-order valence-corrected chi connectivity index (χ4v) is 3.18. The molecule has 1 fully saturated rings. The molecule has 2 aromatic rings. The van der Waals surface area contributed by atoms with Crippen molar-refractivity contribution in [3.05, 3.63) is 54.1 Å². The van der Waals surface area contributed by atoms with Crippen LogP contribution in [-0.4, -0.2) is 25.0 Å². The van der Waals surface area contributed by atoms with Crippen molar-refractivity contribution in [3.63, 3.8) is 0 Å². The molecule has 0 radical (unpaired) electrons. The average molecular weight is 366 g/mol. The molecular formula is C22H26N2O3. The van der Waals surface area contributed by atoms with Crippen molar-refractivity contribution in [3.8, 4) is 5.75 Å². The quantitative estimate of drug-likeness (QED) is 0.749. The van der Waals surface area contributed by atoms with Crippen LogP contribution in [0.2, 0.25) is 0 Å². The molecule has 0 saturated carbocycles. The molecule has 0 aromatic heterocycles. The Morgan fingerprint density at radius 3 is 2.70 bits per heavy atom. The number of aryl methyl sites for hydroxylation is 1. The number of para-hydroxylation sites is 1. The van der Waals surface area contributed by atoms with E-state index in [-0.39, 0.29) is 24.2 Å². The molecule has 5 heteroatoms. The third kappa shape index (κ3) is 4.67. The SMILES string of the molecule is CCCCOc1ccc(NC(=O)C2CC(=O)N(c3ccccc3)C2)c(C)c1. The Morgan fingerprint density at radius 1 is 1.22 bits per heavy atom. The maximum absolute atomic E-state index is 12.7. The van der Waals surface area contributed by atoms with Crippen LogP contribution in [0.5, 0.6) is 5.75 Å². The van der Waals surface area contributed by atoms with Gasteiger partial charge < -0.3 is 15.0 Å². The molecule has 142 valence electrons. The Balaban J connectivity index is 1.61. The van der Waals surface area contributed by atoms with Gasteiger partial charge in [-0.1, -0.05) is 31.5 Å². The molecule has 1 aliphatic heterocycles. The summed E-state index contributed by atoms with van der Waals surface area (Å²) < 4.78 is 5.70. The minimum atomic E-state index is -0.349. The standard InChI is InChI=1S/C22H26N2O3/c1-3-4-12-27-19-10-11-20(16(2)13-19)23-22(26)17-14-21(25)24(15-17)18-8-6-5-7-9-18/h5-11,13,17H,3-4,12,14-15H2,1-2H3,(H,23,26). The van der Waals surface area contributed by atoms with Crippen LogP contribution >= 0.6 is 0 Å². The second-order valence-electron chi connectivity index (χ2n) is 6.91. The van der Waals surface area contributed by atoms with Crippen molar-refractivity contribution in [2.75, 3.05) is 23.4 Å². The van der Waals surface area contributed by atoms with E-state index < -0.39 is 0 Å². The monoisotopic (exact) mass is 366 g/mol. The first-order chi connectivity index (χ1) is 13.1. The number of benzene rings is 2. The summed E-state index contributed by atoms with van der Waals surface area (Å²) in [5.41, 5.74) is 2.54. The third-order valence-corrected chi connectivity index (χ3v) is 4.79. The van der Waals surface area contributed by atoms with E-state index in [1.807, 2.05) is 55.5 Å². The Bertz CT molecular complexity index is 804. The average Bonchev–Trinajstić information content (AvgIpc) is 3.07. The van der Waals surface area contributed by atoms with Crippen LogP contribution in [0.25, 0.3) is 0 Å². The van der Waals surface area contributed by atoms with Crippen molar-refractivity contribution < 1.29 is 14.3 Å². The number of ether oxygens (including phenoxy) is 1. The van der Waals surface area contributed by atoms with Gasteiger partial charge in [-0.25, -0.2) is 0 Å². The fourth-order valence-electron chi connectivity index (χ4n) is 3.18. The van der Waals surface area contributed by atoms with E-state index in [0.29, 0.717) is 13.2 Å². The van der Waals surface area contributed by atoms with Crippen molar-refractivity contribution in [2.45, 2.75) is 33.1 Å². The predicted molar refractivity (Wildman–Crippen MR) is 107 cm³/mol. The number of carbonyl (C=O) groups excluding carboxylic acids is 2. The second kappa shape index (κ2) is 8.71. The maximum Gasteiger partial charge on any atom is 0.229 e. The van der Waals surface area contributed by atoms with Gasteiger partial charge in [-0.2, -0.15) is 0 Å². The molecule has 1 saturated heterocycles. The van der Waals surface area contributed by atoms with E-state index in [0.717, 1.165) is 35.5 Å². The van der Waals surface area contributed by atoms with E-state index in [2.05, 4.69) is 12.2 Å². The number of hydrogen-bond donors (Lipinski definition) is 1. The Labute approximate surface area is 160 Å².